The summed E-state index contributed by atoms with van der Waals surface area (Å²) in [6, 6.07) is 1.43. The molecule has 2 rings (SSSR count). The summed E-state index contributed by atoms with van der Waals surface area (Å²) < 4.78 is 14.8. The molecule has 12 nitrogen and oxygen atoms in total. The molecule has 0 radical (unpaired) electrons. The van der Waals surface area contributed by atoms with Crippen LogP contribution in [-0.4, -0.2) is 74.4 Å². The first-order valence-electron chi connectivity index (χ1n) is 9.78. The van der Waals surface area contributed by atoms with E-state index >= 15 is 0 Å². The highest BCUT2D eigenvalue weighted by molar-refractivity contribution is 6.32. The second-order valence-corrected chi connectivity index (χ2v) is 7.06. The first-order valence-corrected chi connectivity index (χ1v) is 10.2. The lowest BCUT2D eigenvalue weighted by molar-refractivity contribution is -0.136. The molecule has 0 saturated heterocycles. The minimum atomic E-state index is -0.881. The Morgan fingerprint density at radius 2 is 1.94 bits per heavy atom. The molecular weight excluding hydrogens is 460 g/mol. The summed E-state index contributed by atoms with van der Waals surface area (Å²) in [5, 5.41) is 12.2. The Balaban J connectivity index is 2.55. The molecular formula is C20H25ClN4O8. The number of anilines is 1. The number of carbonyl (C=O) groups is 4. The van der Waals surface area contributed by atoms with Gasteiger partial charge in [-0.25, -0.2) is 15.0 Å². The Morgan fingerprint density at radius 3 is 2.52 bits per heavy atom. The highest BCUT2D eigenvalue weighted by atomic mass is 35.5. The van der Waals surface area contributed by atoms with Gasteiger partial charge in [0.1, 0.15) is 11.4 Å². The molecule has 180 valence electrons. The van der Waals surface area contributed by atoms with Crippen LogP contribution >= 0.6 is 11.6 Å². The quantitative estimate of drug-likeness (QED) is 0.308. The number of rotatable bonds is 8. The van der Waals surface area contributed by atoms with Gasteiger partial charge in [0.2, 0.25) is 0 Å². The van der Waals surface area contributed by atoms with E-state index in [1.54, 1.807) is 13.8 Å². The zero-order valence-electron chi connectivity index (χ0n) is 18.5. The average molecular weight is 485 g/mol. The number of aliphatic hydroxyl groups excluding tert-OH is 1. The van der Waals surface area contributed by atoms with Crippen molar-refractivity contribution in [2.45, 2.75) is 13.8 Å². The number of benzene rings is 1. The molecule has 1 heterocycles. The molecule has 0 saturated carbocycles. The number of nitrogens with zero attached hydrogens (tertiary/aromatic N) is 1. The predicted octanol–water partition coefficient (Wildman–Crippen LogP) is 0.721. The number of hydrogen-bond acceptors (Lipinski definition) is 9. The Bertz CT molecular complexity index is 995. The predicted molar refractivity (Wildman–Crippen MR) is 117 cm³/mol. The minimum absolute atomic E-state index is 0.00149. The Hall–Kier alpha value is -3.51. The monoisotopic (exact) mass is 484 g/mol. The number of β-amino-alcohol motifs (C(OH)–C–C–N with tert-alkyl or cyclic N) is 1. The number of ether oxygens (including phenoxy) is 3. The second kappa shape index (κ2) is 11.4. The van der Waals surface area contributed by atoms with E-state index in [1.165, 1.54) is 25.2 Å². The SMILES string of the molecule is CCOC(=O)NNC(=O)c1c(C)c(Cl)cc(OC)c1NC1=C(C(=O)OC)CN(CCO)C1=O. The summed E-state index contributed by atoms with van der Waals surface area (Å²) in [6.45, 7) is 2.81. The number of hydrogen-bond donors (Lipinski definition) is 4. The molecule has 13 heteroatoms. The molecule has 0 spiro atoms. The number of carbonyl (C=O) groups excluding carboxylic acids is 4. The van der Waals surface area contributed by atoms with Crippen LogP contribution in [0.3, 0.4) is 0 Å². The first kappa shape index (κ1) is 25.7. The molecule has 1 aromatic rings. The van der Waals surface area contributed by atoms with Crippen molar-refractivity contribution < 1.29 is 38.5 Å². The van der Waals surface area contributed by atoms with E-state index in [4.69, 9.17) is 25.8 Å². The number of hydrazine groups is 1. The van der Waals surface area contributed by atoms with Crippen LogP contribution in [0.2, 0.25) is 5.02 Å². The topological polar surface area (TPSA) is 156 Å². The number of amides is 3. The summed E-state index contributed by atoms with van der Waals surface area (Å²) in [5.74, 6) is -2.04. The summed E-state index contributed by atoms with van der Waals surface area (Å²) in [7, 11) is 2.49. The average Bonchev–Trinajstić information content (AvgIpc) is 3.09. The molecule has 0 atom stereocenters. The second-order valence-electron chi connectivity index (χ2n) is 6.66. The summed E-state index contributed by atoms with van der Waals surface area (Å²) in [4.78, 5) is 50.9. The zero-order valence-corrected chi connectivity index (χ0v) is 19.3. The van der Waals surface area contributed by atoms with Crippen molar-refractivity contribution in [3.63, 3.8) is 0 Å². The lowest BCUT2D eigenvalue weighted by Crippen LogP contribution is -2.42. The third-order valence-corrected chi connectivity index (χ3v) is 5.08. The van der Waals surface area contributed by atoms with Gasteiger partial charge in [-0.2, -0.15) is 0 Å². The van der Waals surface area contributed by atoms with Crippen LogP contribution in [-0.2, 0) is 19.1 Å². The summed E-state index contributed by atoms with van der Waals surface area (Å²) in [6.07, 6.45) is -0.881. The van der Waals surface area contributed by atoms with Crippen LogP contribution in [0.4, 0.5) is 10.5 Å². The van der Waals surface area contributed by atoms with Crippen molar-refractivity contribution in [3.05, 3.63) is 33.5 Å². The maximum Gasteiger partial charge on any atom is 0.426 e. The molecule has 0 aromatic heterocycles. The smallest absolute Gasteiger partial charge is 0.426 e. The van der Waals surface area contributed by atoms with Crippen molar-refractivity contribution in [2.24, 2.45) is 0 Å². The molecule has 0 fully saturated rings. The van der Waals surface area contributed by atoms with E-state index in [9.17, 15) is 24.3 Å². The number of aliphatic hydroxyl groups is 1. The molecule has 1 aliphatic rings. The van der Waals surface area contributed by atoms with Crippen LogP contribution in [0, 0.1) is 6.92 Å². The van der Waals surface area contributed by atoms with Crippen molar-refractivity contribution in [2.75, 3.05) is 45.8 Å². The fraction of sp³-hybridized carbons (Fsp3) is 0.400. The molecule has 1 aromatic carbocycles. The molecule has 0 aliphatic carbocycles. The van der Waals surface area contributed by atoms with E-state index in [0.29, 0.717) is 5.56 Å². The van der Waals surface area contributed by atoms with E-state index < -0.39 is 23.9 Å². The standard InChI is InChI=1S/C20H25ClN4O8/c1-5-33-20(30)24-23-17(27)14-10(2)12(21)8-13(31-3)16(14)22-15-11(19(29)32-4)9-25(6-7-26)18(15)28/h8,22,26H,5-7,9H2,1-4H3,(H,23,27)(H,24,30). The lowest BCUT2D eigenvalue weighted by Gasteiger charge is -2.20. The van der Waals surface area contributed by atoms with Gasteiger partial charge in [-0.05, 0) is 19.4 Å². The van der Waals surface area contributed by atoms with Crippen LogP contribution in [0.5, 0.6) is 5.75 Å². The van der Waals surface area contributed by atoms with Gasteiger partial charge >= 0.3 is 12.1 Å². The van der Waals surface area contributed by atoms with Gasteiger partial charge in [0.05, 0.1) is 50.8 Å². The third kappa shape index (κ3) is 5.65. The van der Waals surface area contributed by atoms with E-state index in [1.807, 2.05) is 0 Å². The normalized spacial score (nSPS) is 13.0. The molecule has 3 amide bonds. The third-order valence-electron chi connectivity index (χ3n) is 4.69. The minimum Gasteiger partial charge on any atom is -0.494 e. The van der Waals surface area contributed by atoms with Crippen LogP contribution in [0.1, 0.15) is 22.8 Å². The number of nitrogens with one attached hydrogen (secondary N) is 3. The van der Waals surface area contributed by atoms with Crippen molar-refractivity contribution in [1.82, 2.24) is 15.8 Å². The van der Waals surface area contributed by atoms with Crippen molar-refractivity contribution in [3.8, 4) is 5.75 Å². The number of methoxy groups -OCH3 is 2. The van der Waals surface area contributed by atoms with E-state index in [2.05, 4.69) is 16.2 Å². The summed E-state index contributed by atoms with van der Waals surface area (Å²) in [5.41, 5.74) is 4.42. The molecule has 0 unspecified atom stereocenters. The molecule has 33 heavy (non-hydrogen) atoms. The van der Waals surface area contributed by atoms with E-state index in [0.717, 1.165) is 0 Å². The lowest BCUT2D eigenvalue weighted by atomic mass is 10.0. The summed E-state index contributed by atoms with van der Waals surface area (Å²) >= 11 is 6.25. The number of halogens is 1. The van der Waals surface area contributed by atoms with Gasteiger partial charge in [0.15, 0.2) is 0 Å². The Morgan fingerprint density at radius 1 is 1.24 bits per heavy atom. The van der Waals surface area contributed by atoms with Gasteiger partial charge < -0.3 is 29.5 Å². The van der Waals surface area contributed by atoms with Gasteiger partial charge in [-0.15, -0.1) is 0 Å². The first-order chi connectivity index (χ1) is 15.7. The van der Waals surface area contributed by atoms with E-state index in [-0.39, 0.29) is 59.6 Å². The molecule has 1 aliphatic heterocycles. The zero-order chi connectivity index (χ0) is 24.7. The van der Waals surface area contributed by atoms with Crippen molar-refractivity contribution >= 4 is 41.2 Å². The number of esters is 1. The van der Waals surface area contributed by atoms with Gasteiger partial charge in [-0.3, -0.25) is 15.0 Å². The van der Waals surface area contributed by atoms with Crippen LogP contribution in [0.25, 0.3) is 0 Å². The van der Waals surface area contributed by atoms with Gasteiger partial charge in [0, 0.05) is 17.6 Å². The molecule has 4 N–H and O–H groups in total. The molecule has 0 bridgehead atoms. The van der Waals surface area contributed by atoms with Crippen molar-refractivity contribution in [1.29, 1.82) is 0 Å². The Labute approximate surface area is 194 Å². The van der Waals surface area contributed by atoms with Crippen LogP contribution < -0.4 is 20.9 Å². The van der Waals surface area contributed by atoms with Gasteiger partial charge in [0.25, 0.3) is 11.8 Å². The van der Waals surface area contributed by atoms with Gasteiger partial charge in [-0.1, -0.05) is 11.6 Å². The Kier molecular flexibility index (Phi) is 8.88. The fourth-order valence-corrected chi connectivity index (χ4v) is 3.30. The highest BCUT2D eigenvalue weighted by Crippen LogP contribution is 2.38. The largest absolute Gasteiger partial charge is 0.494 e. The fourth-order valence-electron chi connectivity index (χ4n) is 3.11. The highest BCUT2D eigenvalue weighted by Gasteiger charge is 2.36. The van der Waals surface area contributed by atoms with Crippen LogP contribution in [0.15, 0.2) is 17.3 Å². The maximum atomic E-state index is 12.9. The maximum absolute atomic E-state index is 12.9.